The average Bonchev–Trinajstić information content (AvgIpc) is 3.09. The predicted molar refractivity (Wildman–Crippen MR) is 205 cm³/mol. The molecule has 0 fully saturated rings. The number of aliphatic hydroxyl groups is 1. The highest BCUT2D eigenvalue weighted by Gasteiger charge is 2.15. The van der Waals surface area contributed by atoms with Crippen molar-refractivity contribution in [3.8, 4) is 0 Å². The molecular weight excluding hydrogens is 596 g/mol. The van der Waals surface area contributed by atoms with E-state index < -0.39 is 6.10 Å². The summed E-state index contributed by atoms with van der Waals surface area (Å²) in [6, 6.07) is 0. The maximum atomic E-state index is 12.1. The van der Waals surface area contributed by atoms with Gasteiger partial charge < -0.3 is 14.6 Å². The number of hydrogen-bond acceptors (Lipinski definition) is 5. The molecule has 0 aromatic heterocycles. The molecule has 1 atom stereocenters. The molecule has 0 aliphatic carbocycles. The predicted octanol–water partition coefficient (Wildman–Crippen LogP) is 11.9. The van der Waals surface area contributed by atoms with Gasteiger partial charge in [0.2, 0.25) is 0 Å². The standard InChI is InChI=1S/C43H70O5/c1-3-5-7-9-11-13-15-17-19-21-23-25-27-29-31-33-35-37-42(45)47-40-41(39-44)48-43(46)38-36-34-32-30-28-26-24-22-20-18-16-14-12-10-8-6-4-2/h12,14,17-20,23-26,29-32,41,44H,3-11,13,15-16,21-22,27-28,33-40H2,1-2H3/t41-/m0/s1. The van der Waals surface area contributed by atoms with Crippen LogP contribution < -0.4 is 0 Å². The van der Waals surface area contributed by atoms with E-state index in [-0.39, 0.29) is 31.6 Å². The molecule has 0 rings (SSSR count). The molecule has 0 saturated carbocycles. The van der Waals surface area contributed by atoms with Crippen LogP contribution in [0.15, 0.2) is 85.1 Å². The van der Waals surface area contributed by atoms with Crippen LogP contribution in [0, 0.1) is 0 Å². The zero-order valence-corrected chi connectivity index (χ0v) is 30.7. The van der Waals surface area contributed by atoms with Gasteiger partial charge in [-0.3, -0.25) is 9.59 Å². The van der Waals surface area contributed by atoms with E-state index in [2.05, 4.69) is 98.9 Å². The number of ether oxygens (including phenoxy) is 2. The van der Waals surface area contributed by atoms with Gasteiger partial charge in [0.15, 0.2) is 6.10 Å². The lowest BCUT2D eigenvalue weighted by atomic mass is 10.1. The topological polar surface area (TPSA) is 72.8 Å². The number of aliphatic hydroxyl groups excluding tert-OH is 1. The summed E-state index contributed by atoms with van der Waals surface area (Å²) in [5.41, 5.74) is 0. The maximum Gasteiger partial charge on any atom is 0.306 e. The smallest absolute Gasteiger partial charge is 0.306 e. The third-order valence-corrected chi connectivity index (χ3v) is 7.66. The Kier molecular flexibility index (Phi) is 36.2. The number of esters is 2. The van der Waals surface area contributed by atoms with E-state index in [9.17, 15) is 14.7 Å². The van der Waals surface area contributed by atoms with Crippen molar-refractivity contribution in [2.45, 2.75) is 161 Å². The van der Waals surface area contributed by atoms with Crippen molar-refractivity contribution in [3.05, 3.63) is 85.1 Å². The second-order valence-electron chi connectivity index (χ2n) is 12.3. The average molecular weight is 667 g/mol. The number of unbranched alkanes of at least 4 members (excludes halogenated alkanes) is 11. The second kappa shape index (κ2) is 38.5. The number of allylic oxidation sites excluding steroid dienone is 14. The molecule has 5 heteroatoms. The largest absolute Gasteiger partial charge is 0.462 e. The van der Waals surface area contributed by atoms with Gasteiger partial charge in [-0.1, -0.05) is 144 Å². The van der Waals surface area contributed by atoms with Crippen LogP contribution >= 0.6 is 0 Å². The molecule has 0 heterocycles. The van der Waals surface area contributed by atoms with Crippen LogP contribution in [0.5, 0.6) is 0 Å². The van der Waals surface area contributed by atoms with Gasteiger partial charge in [-0.15, -0.1) is 0 Å². The van der Waals surface area contributed by atoms with Gasteiger partial charge >= 0.3 is 11.9 Å². The van der Waals surface area contributed by atoms with Gasteiger partial charge in [0.25, 0.3) is 0 Å². The number of hydrogen-bond donors (Lipinski definition) is 1. The van der Waals surface area contributed by atoms with Gasteiger partial charge in [0, 0.05) is 12.8 Å². The van der Waals surface area contributed by atoms with Crippen LogP contribution in [-0.2, 0) is 19.1 Å². The summed E-state index contributed by atoms with van der Waals surface area (Å²) < 4.78 is 10.5. The highest BCUT2D eigenvalue weighted by atomic mass is 16.6. The zero-order valence-electron chi connectivity index (χ0n) is 30.7. The van der Waals surface area contributed by atoms with E-state index in [4.69, 9.17) is 9.47 Å². The van der Waals surface area contributed by atoms with Crippen LogP contribution in [0.2, 0.25) is 0 Å². The molecule has 0 unspecified atom stereocenters. The minimum absolute atomic E-state index is 0.119. The summed E-state index contributed by atoms with van der Waals surface area (Å²) >= 11 is 0. The minimum Gasteiger partial charge on any atom is -0.462 e. The first-order chi connectivity index (χ1) is 23.6. The summed E-state index contributed by atoms with van der Waals surface area (Å²) in [5, 5.41) is 9.53. The third kappa shape index (κ3) is 35.9. The number of carbonyl (C=O) groups excluding carboxylic acids is 2. The molecule has 0 amide bonds. The fraction of sp³-hybridized carbons (Fsp3) is 0.628. The van der Waals surface area contributed by atoms with Gasteiger partial charge in [-0.05, 0) is 83.5 Å². The van der Waals surface area contributed by atoms with Crippen LogP contribution in [0.3, 0.4) is 0 Å². The van der Waals surface area contributed by atoms with Crippen LogP contribution in [0.1, 0.15) is 155 Å². The van der Waals surface area contributed by atoms with Crippen molar-refractivity contribution < 1.29 is 24.2 Å². The molecule has 0 bridgehead atoms. The molecule has 0 aromatic rings. The van der Waals surface area contributed by atoms with Crippen molar-refractivity contribution in [2.75, 3.05) is 13.2 Å². The summed E-state index contributed by atoms with van der Waals surface area (Å²) in [6.45, 7) is 3.99. The fourth-order valence-electron chi connectivity index (χ4n) is 4.74. The second-order valence-corrected chi connectivity index (χ2v) is 12.3. The van der Waals surface area contributed by atoms with Crippen molar-refractivity contribution in [2.24, 2.45) is 0 Å². The first-order valence-electron chi connectivity index (χ1n) is 19.1. The Morgan fingerprint density at radius 3 is 1.29 bits per heavy atom. The van der Waals surface area contributed by atoms with Gasteiger partial charge in [-0.2, -0.15) is 0 Å². The molecule has 0 aliphatic rings. The molecule has 0 spiro atoms. The molecule has 272 valence electrons. The Bertz CT molecular complexity index is 937. The summed E-state index contributed by atoms with van der Waals surface area (Å²) in [5.74, 6) is -0.726. The molecule has 0 radical (unpaired) electrons. The molecule has 0 saturated heterocycles. The molecular formula is C43H70O5. The lowest BCUT2D eigenvalue weighted by Crippen LogP contribution is -2.28. The number of carbonyl (C=O) groups is 2. The van der Waals surface area contributed by atoms with E-state index in [1.54, 1.807) is 0 Å². The zero-order chi connectivity index (χ0) is 35.0. The molecule has 1 N–H and O–H groups in total. The van der Waals surface area contributed by atoms with Gasteiger partial charge in [-0.25, -0.2) is 0 Å². The van der Waals surface area contributed by atoms with E-state index in [0.29, 0.717) is 19.3 Å². The molecule has 0 aliphatic heterocycles. The maximum absolute atomic E-state index is 12.1. The van der Waals surface area contributed by atoms with Crippen LogP contribution in [0.4, 0.5) is 0 Å². The Hall–Kier alpha value is -2.92. The van der Waals surface area contributed by atoms with E-state index in [0.717, 1.165) is 44.9 Å². The van der Waals surface area contributed by atoms with Crippen molar-refractivity contribution >= 4 is 11.9 Å². The van der Waals surface area contributed by atoms with Crippen LogP contribution in [0.25, 0.3) is 0 Å². The highest BCUT2D eigenvalue weighted by molar-refractivity contribution is 5.70. The third-order valence-electron chi connectivity index (χ3n) is 7.66. The van der Waals surface area contributed by atoms with Gasteiger partial charge in [0.1, 0.15) is 6.61 Å². The van der Waals surface area contributed by atoms with Crippen molar-refractivity contribution in [1.29, 1.82) is 0 Å². The monoisotopic (exact) mass is 667 g/mol. The Labute approximate surface area is 295 Å². The molecule has 5 nitrogen and oxygen atoms in total. The lowest BCUT2D eigenvalue weighted by Gasteiger charge is -2.15. The SMILES string of the molecule is CCCCCC=CCC=CCC=CCC=CCCCC(=O)O[C@@H](CO)COC(=O)CCCC=CCC=CCC=CCCCCCCCC. The van der Waals surface area contributed by atoms with Gasteiger partial charge in [0.05, 0.1) is 6.61 Å². The molecule has 48 heavy (non-hydrogen) atoms. The van der Waals surface area contributed by atoms with E-state index in [1.165, 1.54) is 70.6 Å². The Morgan fingerprint density at radius 2 is 0.833 bits per heavy atom. The normalized spacial score (nSPS) is 13.1. The van der Waals surface area contributed by atoms with Crippen LogP contribution in [-0.4, -0.2) is 36.4 Å². The first kappa shape index (κ1) is 45.1. The Morgan fingerprint density at radius 1 is 0.479 bits per heavy atom. The molecule has 0 aromatic carbocycles. The van der Waals surface area contributed by atoms with E-state index >= 15 is 0 Å². The highest BCUT2D eigenvalue weighted by Crippen LogP contribution is 2.08. The minimum atomic E-state index is -0.824. The Balaban J connectivity index is 3.78. The summed E-state index contributed by atoms with van der Waals surface area (Å²) in [4.78, 5) is 24.2. The van der Waals surface area contributed by atoms with Crippen molar-refractivity contribution in [3.63, 3.8) is 0 Å². The first-order valence-corrected chi connectivity index (χ1v) is 19.1. The summed E-state index contributed by atoms with van der Waals surface area (Å²) in [6.07, 6.45) is 52.2. The fourth-order valence-corrected chi connectivity index (χ4v) is 4.74. The summed E-state index contributed by atoms with van der Waals surface area (Å²) in [7, 11) is 0. The quantitative estimate of drug-likeness (QED) is 0.0429. The number of rotatable bonds is 33. The van der Waals surface area contributed by atoms with E-state index in [1.807, 2.05) is 0 Å². The lowest BCUT2D eigenvalue weighted by molar-refractivity contribution is -0.161. The van der Waals surface area contributed by atoms with Crippen molar-refractivity contribution in [1.82, 2.24) is 0 Å².